The van der Waals surface area contributed by atoms with Gasteiger partial charge in [-0.15, -0.1) is 5.73 Å². The molecule has 0 spiro atoms. The second kappa shape index (κ2) is 8.06. The lowest BCUT2D eigenvalue weighted by molar-refractivity contribution is 0.0498. The number of unbranched alkanes of at least 4 members (excludes halogenated alkanes) is 3. The number of carbonyl (C=O) groups is 1. The molecule has 0 radical (unpaired) electrons. The summed E-state index contributed by atoms with van der Waals surface area (Å²) in [5.41, 5.74) is 5.56. The van der Waals surface area contributed by atoms with E-state index in [2.05, 4.69) is 43.9 Å². The van der Waals surface area contributed by atoms with Crippen LogP contribution in [0.25, 0.3) is 0 Å². The molecule has 0 N–H and O–H groups in total. The van der Waals surface area contributed by atoms with Crippen LogP contribution in [-0.2, 0) is 10.2 Å². The summed E-state index contributed by atoms with van der Waals surface area (Å²) >= 11 is 0. The van der Waals surface area contributed by atoms with Crippen molar-refractivity contribution in [3.05, 3.63) is 53.3 Å². The molecular formula is C23H30O2. The maximum atomic E-state index is 12.2. The Morgan fingerprint density at radius 3 is 2.72 bits per heavy atom. The third-order valence-corrected chi connectivity index (χ3v) is 6.12. The van der Waals surface area contributed by atoms with Crippen molar-refractivity contribution in [1.29, 1.82) is 0 Å². The van der Waals surface area contributed by atoms with Gasteiger partial charge < -0.3 is 4.74 Å². The summed E-state index contributed by atoms with van der Waals surface area (Å²) < 4.78 is 5.39. The van der Waals surface area contributed by atoms with Crippen LogP contribution in [0.2, 0.25) is 0 Å². The Bertz CT molecular complexity index is 651. The highest BCUT2D eigenvalue weighted by Gasteiger charge is 2.60. The molecule has 2 aliphatic carbocycles. The van der Waals surface area contributed by atoms with Crippen molar-refractivity contribution in [3.8, 4) is 0 Å². The highest BCUT2D eigenvalue weighted by atomic mass is 16.5. The summed E-state index contributed by atoms with van der Waals surface area (Å²) in [7, 11) is 0. The van der Waals surface area contributed by atoms with Crippen molar-refractivity contribution in [2.45, 2.75) is 64.2 Å². The van der Waals surface area contributed by atoms with Crippen LogP contribution in [0.5, 0.6) is 0 Å². The van der Waals surface area contributed by atoms with Crippen LogP contribution in [0.4, 0.5) is 0 Å². The van der Waals surface area contributed by atoms with Gasteiger partial charge in [0.15, 0.2) is 0 Å². The molecule has 3 rings (SSSR count). The lowest BCUT2D eigenvalue weighted by Gasteiger charge is -2.13. The molecule has 0 heterocycles. The fourth-order valence-electron chi connectivity index (χ4n) is 4.40. The molecule has 0 aromatic heterocycles. The van der Waals surface area contributed by atoms with E-state index in [1.807, 2.05) is 12.1 Å². The monoisotopic (exact) mass is 338 g/mol. The maximum absolute atomic E-state index is 12.2. The number of ether oxygens (including phenoxy) is 1. The molecule has 2 heteroatoms. The van der Waals surface area contributed by atoms with Crippen molar-refractivity contribution >= 4 is 5.97 Å². The minimum Gasteiger partial charge on any atom is -0.462 e. The molecule has 3 atom stereocenters. The van der Waals surface area contributed by atoms with E-state index in [9.17, 15) is 4.79 Å². The molecule has 1 saturated carbocycles. The Balaban J connectivity index is 1.57. The number of rotatable bonds is 7. The first-order valence-electron chi connectivity index (χ1n) is 9.85. The smallest absolute Gasteiger partial charge is 0.338 e. The Hall–Kier alpha value is -1.79. The zero-order valence-electron chi connectivity index (χ0n) is 15.6. The first-order valence-corrected chi connectivity index (χ1v) is 9.85. The number of fused-ring (bicyclic) bond motifs is 1. The third-order valence-electron chi connectivity index (χ3n) is 6.12. The molecule has 1 aromatic rings. The summed E-state index contributed by atoms with van der Waals surface area (Å²) in [5, 5.41) is 0. The molecule has 134 valence electrons. The van der Waals surface area contributed by atoms with E-state index in [1.54, 1.807) is 0 Å². The van der Waals surface area contributed by atoms with Gasteiger partial charge in [0, 0.05) is 0 Å². The fourth-order valence-corrected chi connectivity index (χ4v) is 4.40. The zero-order chi connectivity index (χ0) is 17.7. The summed E-state index contributed by atoms with van der Waals surface area (Å²) in [4.78, 5) is 12.2. The normalized spacial score (nSPS) is 27.3. The Morgan fingerprint density at radius 1 is 1.16 bits per heavy atom. The van der Waals surface area contributed by atoms with Gasteiger partial charge in [0.1, 0.15) is 0 Å². The minimum absolute atomic E-state index is 0.192. The van der Waals surface area contributed by atoms with E-state index in [4.69, 9.17) is 4.74 Å². The molecular weight excluding hydrogens is 308 g/mol. The maximum Gasteiger partial charge on any atom is 0.338 e. The molecule has 0 bridgehead atoms. The van der Waals surface area contributed by atoms with Gasteiger partial charge in [0.2, 0.25) is 0 Å². The molecule has 0 amide bonds. The largest absolute Gasteiger partial charge is 0.462 e. The van der Waals surface area contributed by atoms with Gasteiger partial charge >= 0.3 is 5.97 Å². The summed E-state index contributed by atoms with van der Waals surface area (Å²) in [6.45, 7) is 5.09. The van der Waals surface area contributed by atoms with E-state index in [0.29, 0.717) is 18.1 Å². The molecule has 2 aliphatic rings. The lowest BCUT2D eigenvalue weighted by atomic mass is 9.91. The number of carbonyl (C=O) groups excluding carboxylic acids is 1. The Kier molecular flexibility index (Phi) is 5.81. The quantitative estimate of drug-likeness (QED) is 0.355. The topological polar surface area (TPSA) is 26.3 Å². The average Bonchev–Trinajstić information content (AvgIpc) is 3.16. The summed E-state index contributed by atoms with van der Waals surface area (Å²) in [6.07, 6.45) is 12.3. The SMILES string of the molecule is CCCCCCOC(=O)c1ccc(C2(C)C3CC=C=CCCC32)cc1. The number of allylic oxidation sites excluding steroid dienone is 1. The van der Waals surface area contributed by atoms with E-state index < -0.39 is 0 Å². The van der Waals surface area contributed by atoms with Gasteiger partial charge in [0.25, 0.3) is 0 Å². The predicted octanol–water partition coefficient (Wildman–Crippen LogP) is 5.82. The second-order valence-electron chi connectivity index (χ2n) is 7.66. The molecule has 1 aromatic carbocycles. The molecule has 2 nitrogen and oxygen atoms in total. The Morgan fingerprint density at radius 2 is 1.96 bits per heavy atom. The molecule has 0 saturated heterocycles. The highest BCUT2D eigenvalue weighted by molar-refractivity contribution is 5.89. The van der Waals surface area contributed by atoms with Crippen LogP contribution in [-0.4, -0.2) is 12.6 Å². The standard InChI is InChI=1S/C23H30O2/c1-3-4-5-10-17-25-22(24)18-13-15-19(16-14-18)23(2)20-11-8-6-7-9-12-21(20)23/h6,9,13-16,20-21H,3-5,8,10-12,17H2,1-2H3. The van der Waals surface area contributed by atoms with Gasteiger partial charge in [-0.2, -0.15) is 0 Å². The van der Waals surface area contributed by atoms with Crippen LogP contribution < -0.4 is 0 Å². The first-order chi connectivity index (χ1) is 12.2. The van der Waals surface area contributed by atoms with E-state index >= 15 is 0 Å². The fraction of sp³-hybridized carbons (Fsp3) is 0.565. The molecule has 25 heavy (non-hydrogen) atoms. The van der Waals surface area contributed by atoms with Crippen molar-refractivity contribution in [2.24, 2.45) is 11.8 Å². The van der Waals surface area contributed by atoms with Gasteiger partial charge in [-0.05, 0) is 72.8 Å². The van der Waals surface area contributed by atoms with Crippen molar-refractivity contribution in [3.63, 3.8) is 0 Å². The summed E-state index contributed by atoms with van der Waals surface area (Å²) in [5.74, 6) is 1.27. The molecule has 1 fully saturated rings. The van der Waals surface area contributed by atoms with Gasteiger partial charge in [0.05, 0.1) is 12.2 Å². The van der Waals surface area contributed by atoms with Crippen LogP contribution in [0.1, 0.15) is 74.7 Å². The predicted molar refractivity (Wildman–Crippen MR) is 102 cm³/mol. The van der Waals surface area contributed by atoms with Gasteiger partial charge in [-0.3, -0.25) is 0 Å². The van der Waals surface area contributed by atoms with Gasteiger partial charge in [-0.25, -0.2) is 4.79 Å². The number of hydrogen-bond donors (Lipinski definition) is 0. The van der Waals surface area contributed by atoms with E-state index in [0.717, 1.165) is 31.6 Å². The molecule has 0 aliphatic heterocycles. The highest BCUT2D eigenvalue weighted by Crippen LogP contribution is 2.63. The first kappa shape index (κ1) is 18.0. The van der Waals surface area contributed by atoms with E-state index in [-0.39, 0.29) is 11.4 Å². The van der Waals surface area contributed by atoms with Gasteiger partial charge in [-0.1, -0.05) is 45.2 Å². The number of hydrogen-bond acceptors (Lipinski definition) is 2. The van der Waals surface area contributed by atoms with Crippen molar-refractivity contribution in [2.75, 3.05) is 6.61 Å². The zero-order valence-corrected chi connectivity index (χ0v) is 15.6. The number of esters is 1. The average molecular weight is 338 g/mol. The van der Waals surface area contributed by atoms with E-state index in [1.165, 1.54) is 24.8 Å². The van der Waals surface area contributed by atoms with Crippen molar-refractivity contribution < 1.29 is 9.53 Å². The summed E-state index contributed by atoms with van der Waals surface area (Å²) in [6, 6.07) is 8.15. The minimum atomic E-state index is -0.192. The van der Waals surface area contributed by atoms with Crippen molar-refractivity contribution in [1.82, 2.24) is 0 Å². The third kappa shape index (κ3) is 3.90. The Labute approximate surface area is 152 Å². The molecule has 3 unspecified atom stereocenters. The van der Waals surface area contributed by atoms with Crippen LogP contribution in [0, 0.1) is 11.8 Å². The van der Waals surface area contributed by atoms with Crippen LogP contribution >= 0.6 is 0 Å². The van der Waals surface area contributed by atoms with Crippen LogP contribution in [0.3, 0.4) is 0 Å². The lowest BCUT2D eigenvalue weighted by Crippen LogP contribution is -2.09. The van der Waals surface area contributed by atoms with Crippen LogP contribution in [0.15, 0.2) is 42.1 Å². The number of benzene rings is 1. The second-order valence-corrected chi connectivity index (χ2v) is 7.66.